The zero-order valence-electron chi connectivity index (χ0n) is 8.31. The van der Waals surface area contributed by atoms with Crippen LogP contribution in [0.2, 0.25) is 0 Å². The van der Waals surface area contributed by atoms with Gasteiger partial charge in [0.2, 0.25) is 0 Å². The molecule has 0 heterocycles. The lowest BCUT2D eigenvalue weighted by Gasteiger charge is -2.18. The molecule has 78 valence electrons. The molecular weight excluding hydrogens is 190 g/mol. The van der Waals surface area contributed by atoms with Crippen LogP contribution in [-0.2, 0) is 0 Å². The van der Waals surface area contributed by atoms with E-state index in [2.05, 4.69) is 6.58 Å². The molecule has 0 aliphatic carbocycles. The molecule has 0 radical (unpaired) electrons. The number of hydrogen-bond acceptors (Lipinski definition) is 2. The smallest absolute Gasteiger partial charge is 0.260 e. The summed E-state index contributed by atoms with van der Waals surface area (Å²) in [6, 6.07) is 8.71. The van der Waals surface area contributed by atoms with Gasteiger partial charge in [-0.05, 0) is 12.1 Å². The number of nitrogens with zero attached hydrogens (tertiary/aromatic N) is 1. The van der Waals surface area contributed by atoms with Gasteiger partial charge in [0.15, 0.2) is 5.96 Å². The molecule has 0 aromatic heterocycles. The molecule has 0 saturated heterocycles. The van der Waals surface area contributed by atoms with Gasteiger partial charge in [-0.15, -0.1) is 6.58 Å². The molecule has 0 fully saturated rings. The van der Waals surface area contributed by atoms with Gasteiger partial charge >= 0.3 is 0 Å². The summed E-state index contributed by atoms with van der Waals surface area (Å²) >= 11 is 0. The van der Waals surface area contributed by atoms with Crippen molar-refractivity contribution in [2.45, 2.75) is 0 Å². The van der Waals surface area contributed by atoms with Crippen LogP contribution in [0.1, 0.15) is 10.4 Å². The van der Waals surface area contributed by atoms with Crippen molar-refractivity contribution < 1.29 is 4.79 Å². The number of guanidine groups is 1. The van der Waals surface area contributed by atoms with Crippen LogP contribution in [0.25, 0.3) is 0 Å². The fraction of sp³-hybridized carbons (Fsp3) is 0.0909. The van der Waals surface area contributed by atoms with E-state index in [1.54, 1.807) is 24.3 Å². The Kier molecular flexibility index (Phi) is 3.62. The summed E-state index contributed by atoms with van der Waals surface area (Å²) in [7, 11) is 0. The van der Waals surface area contributed by atoms with E-state index in [1.165, 1.54) is 6.08 Å². The number of nitrogens with one attached hydrogen (secondary N) is 1. The van der Waals surface area contributed by atoms with Gasteiger partial charge in [0.25, 0.3) is 5.91 Å². The summed E-state index contributed by atoms with van der Waals surface area (Å²) < 4.78 is 0. The molecule has 1 amide bonds. The van der Waals surface area contributed by atoms with E-state index < -0.39 is 0 Å². The Bertz CT molecular complexity index is 373. The Morgan fingerprint density at radius 1 is 1.47 bits per heavy atom. The van der Waals surface area contributed by atoms with Gasteiger partial charge in [-0.1, -0.05) is 24.3 Å². The standard InChI is InChI=1S/C11H13N3O/c1-2-8-14(11(12)13)10(15)9-6-4-3-5-7-9/h2-7H,1,8H2,(H3,12,13). The largest absolute Gasteiger partial charge is 0.370 e. The van der Waals surface area contributed by atoms with Crippen molar-refractivity contribution >= 4 is 11.9 Å². The maximum Gasteiger partial charge on any atom is 0.260 e. The van der Waals surface area contributed by atoms with Gasteiger partial charge in [-0.2, -0.15) is 0 Å². The van der Waals surface area contributed by atoms with Crippen LogP contribution in [0.4, 0.5) is 0 Å². The molecule has 0 aliphatic rings. The molecule has 3 N–H and O–H groups in total. The molecule has 1 aromatic carbocycles. The minimum atomic E-state index is -0.289. The maximum atomic E-state index is 11.8. The average molecular weight is 203 g/mol. The third kappa shape index (κ3) is 2.67. The van der Waals surface area contributed by atoms with E-state index in [9.17, 15) is 4.79 Å². The van der Waals surface area contributed by atoms with Crippen LogP contribution in [0, 0.1) is 5.41 Å². The lowest BCUT2D eigenvalue weighted by Crippen LogP contribution is -2.41. The summed E-state index contributed by atoms with van der Waals surface area (Å²) in [5, 5.41) is 7.27. The molecule has 0 bridgehead atoms. The Morgan fingerprint density at radius 2 is 2.07 bits per heavy atom. The van der Waals surface area contributed by atoms with E-state index in [0.717, 1.165) is 4.90 Å². The van der Waals surface area contributed by atoms with Crippen molar-refractivity contribution in [3.8, 4) is 0 Å². The number of nitrogens with two attached hydrogens (primary N) is 1. The van der Waals surface area contributed by atoms with Crippen LogP contribution >= 0.6 is 0 Å². The fourth-order valence-corrected chi connectivity index (χ4v) is 1.16. The van der Waals surface area contributed by atoms with Crippen molar-refractivity contribution in [1.29, 1.82) is 5.41 Å². The van der Waals surface area contributed by atoms with E-state index in [1.807, 2.05) is 6.07 Å². The highest BCUT2D eigenvalue weighted by molar-refractivity contribution is 6.04. The Hall–Kier alpha value is -2.10. The molecule has 1 aromatic rings. The lowest BCUT2D eigenvalue weighted by molar-refractivity contribution is 0.0856. The van der Waals surface area contributed by atoms with Crippen LogP contribution in [0.3, 0.4) is 0 Å². The summed E-state index contributed by atoms with van der Waals surface area (Å²) in [5.41, 5.74) is 5.81. The van der Waals surface area contributed by atoms with Crippen molar-refractivity contribution in [3.63, 3.8) is 0 Å². The number of carbonyl (C=O) groups is 1. The van der Waals surface area contributed by atoms with Crippen molar-refractivity contribution in [2.75, 3.05) is 6.54 Å². The Morgan fingerprint density at radius 3 is 2.53 bits per heavy atom. The van der Waals surface area contributed by atoms with Gasteiger partial charge in [-0.25, -0.2) is 0 Å². The minimum absolute atomic E-state index is 0.239. The maximum absolute atomic E-state index is 11.8. The number of carbonyl (C=O) groups excluding carboxylic acids is 1. The van der Waals surface area contributed by atoms with Crippen molar-refractivity contribution in [1.82, 2.24) is 4.90 Å². The third-order valence-corrected chi connectivity index (χ3v) is 1.87. The zero-order valence-corrected chi connectivity index (χ0v) is 8.31. The van der Waals surface area contributed by atoms with E-state index in [4.69, 9.17) is 11.1 Å². The summed E-state index contributed by atoms with van der Waals surface area (Å²) in [6.07, 6.45) is 1.53. The van der Waals surface area contributed by atoms with Gasteiger partial charge in [-0.3, -0.25) is 15.1 Å². The first kappa shape index (κ1) is 11.0. The first-order valence-corrected chi connectivity index (χ1v) is 4.48. The fourth-order valence-electron chi connectivity index (χ4n) is 1.16. The molecule has 0 atom stereocenters. The van der Waals surface area contributed by atoms with Crippen LogP contribution in [-0.4, -0.2) is 23.3 Å². The first-order chi connectivity index (χ1) is 7.16. The van der Waals surface area contributed by atoms with Gasteiger partial charge < -0.3 is 5.73 Å². The molecule has 0 unspecified atom stereocenters. The quantitative estimate of drug-likeness (QED) is 0.440. The Labute approximate surface area is 88.5 Å². The highest BCUT2D eigenvalue weighted by atomic mass is 16.2. The summed E-state index contributed by atoms with van der Waals surface area (Å²) in [5.74, 6) is -0.563. The second kappa shape index (κ2) is 4.95. The highest BCUT2D eigenvalue weighted by Gasteiger charge is 2.16. The van der Waals surface area contributed by atoms with E-state index in [0.29, 0.717) is 5.56 Å². The highest BCUT2D eigenvalue weighted by Crippen LogP contribution is 2.03. The predicted molar refractivity (Wildman–Crippen MR) is 59.6 cm³/mol. The minimum Gasteiger partial charge on any atom is -0.370 e. The molecule has 4 heteroatoms. The van der Waals surface area contributed by atoms with Crippen molar-refractivity contribution in [2.24, 2.45) is 5.73 Å². The van der Waals surface area contributed by atoms with E-state index in [-0.39, 0.29) is 18.4 Å². The van der Waals surface area contributed by atoms with Gasteiger partial charge in [0.05, 0.1) is 0 Å². The molecule has 0 saturated carbocycles. The Balaban J connectivity index is 2.91. The number of benzene rings is 1. The number of hydrogen-bond donors (Lipinski definition) is 2. The number of amides is 1. The summed E-state index contributed by atoms with van der Waals surface area (Å²) in [4.78, 5) is 13.0. The molecular formula is C11H13N3O. The zero-order chi connectivity index (χ0) is 11.3. The molecule has 1 rings (SSSR count). The van der Waals surface area contributed by atoms with Gasteiger partial charge in [0.1, 0.15) is 0 Å². The topological polar surface area (TPSA) is 70.2 Å². The second-order valence-electron chi connectivity index (χ2n) is 2.96. The number of rotatable bonds is 3. The average Bonchev–Trinajstić information content (AvgIpc) is 2.26. The lowest BCUT2D eigenvalue weighted by atomic mass is 10.2. The molecule has 0 aliphatic heterocycles. The van der Waals surface area contributed by atoms with Crippen LogP contribution in [0.5, 0.6) is 0 Å². The second-order valence-corrected chi connectivity index (χ2v) is 2.96. The third-order valence-electron chi connectivity index (χ3n) is 1.87. The van der Waals surface area contributed by atoms with Gasteiger partial charge in [0, 0.05) is 12.1 Å². The monoisotopic (exact) mass is 203 g/mol. The van der Waals surface area contributed by atoms with E-state index >= 15 is 0 Å². The summed E-state index contributed by atoms with van der Waals surface area (Å²) in [6.45, 7) is 3.75. The normalized spacial score (nSPS) is 9.33. The molecule has 15 heavy (non-hydrogen) atoms. The van der Waals surface area contributed by atoms with Crippen LogP contribution < -0.4 is 5.73 Å². The molecule has 4 nitrogen and oxygen atoms in total. The predicted octanol–water partition coefficient (Wildman–Crippen LogP) is 1.21. The SMILES string of the molecule is C=CCN(C(=N)N)C(=O)c1ccccc1. The van der Waals surface area contributed by atoms with Crippen molar-refractivity contribution in [3.05, 3.63) is 48.6 Å². The molecule has 0 spiro atoms. The van der Waals surface area contributed by atoms with Crippen LogP contribution in [0.15, 0.2) is 43.0 Å². The first-order valence-electron chi connectivity index (χ1n) is 4.48.